The number of amides is 2. The van der Waals surface area contributed by atoms with Crippen LogP contribution >= 0.6 is 0 Å². The summed E-state index contributed by atoms with van der Waals surface area (Å²) in [4.78, 5) is 32.3. The van der Waals surface area contributed by atoms with E-state index in [9.17, 15) is 9.59 Å². The van der Waals surface area contributed by atoms with Crippen LogP contribution in [0.15, 0.2) is 0 Å². The molecular formula is C15H23N5O2. The molecule has 7 nitrogen and oxygen atoms in total. The Morgan fingerprint density at radius 2 is 1.91 bits per heavy atom. The van der Waals surface area contributed by atoms with E-state index in [0.717, 1.165) is 25.7 Å². The number of anilines is 1. The van der Waals surface area contributed by atoms with E-state index in [-0.39, 0.29) is 36.2 Å². The molecule has 0 saturated heterocycles. The van der Waals surface area contributed by atoms with Gasteiger partial charge in [-0.1, -0.05) is 19.3 Å². The summed E-state index contributed by atoms with van der Waals surface area (Å²) in [5, 5.41) is 2.64. The third kappa shape index (κ3) is 3.79. The van der Waals surface area contributed by atoms with Gasteiger partial charge in [0.2, 0.25) is 5.91 Å². The van der Waals surface area contributed by atoms with Crippen molar-refractivity contribution < 1.29 is 9.59 Å². The van der Waals surface area contributed by atoms with Crippen LogP contribution in [-0.2, 0) is 4.79 Å². The highest BCUT2D eigenvalue weighted by atomic mass is 16.2. The maximum Gasteiger partial charge on any atom is 0.254 e. The first-order valence-electron chi connectivity index (χ1n) is 7.71. The Bertz CT molecular complexity index is 567. The summed E-state index contributed by atoms with van der Waals surface area (Å²) in [6.45, 7) is 1.98. The van der Waals surface area contributed by atoms with Gasteiger partial charge in [0.05, 0.1) is 5.69 Å². The molecule has 0 spiro atoms. The summed E-state index contributed by atoms with van der Waals surface area (Å²) in [7, 11) is 0. The third-order valence-corrected chi connectivity index (χ3v) is 3.92. The van der Waals surface area contributed by atoms with Crippen LogP contribution in [0.1, 0.15) is 66.3 Å². The topological polar surface area (TPSA) is 124 Å². The van der Waals surface area contributed by atoms with Crippen LogP contribution in [0.25, 0.3) is 0 Å². The van der Waals surface area contributed by atoms with Gasteiger partial charge in [0.15, 0.2) is 0 Å². The van der Waals surface area contributed by atoms with Crippen LogP contribution < -0.4 is 16.8 Å². The number of carbonyl (C=O) groups excluding carboxylic acids is 2. The molecule has 1 heterocycles. The maximum absolute atomic E-state index is 11.9. The number of carbonyl (C=O) groups is 2. The van der Waals surface area contributed by atoms with Crippen molar-refractivity contribution in [2.75, 3.05) is 11.9 Å². The summed E-state index contributed by atoms with van der Waals surface area (Å²) in [5.74, 6) is 0.0390. The minimum Gasteiger partial charge on any atom is -0.365 e. The molecule has 1 aromatic rings. The number of nitrogens with zero attached hydrogens (tertiary/aromatic N) is 2. The van der Waals surface area contributed by atoms with Crippen molar-refractivity contribution in [1.82, 2.24) is 9.97 Å². The number of rotatable bonds is 5. The molecule has 0 unspecified atom stereocenters. The summed E-state index contributed by atoms with van der Waals surface area (Å²) >= 11 is 0. The van der Waals surface area contributed by atoms with Gasteiger partial charge in [-0.3, -0.25) is 9.59 Å². The highest BCUT2D eigenvalue weighted by molar-refractivity contribution is 6.02. The Balaban J connectivity index is 2.41. The molecule has 0 radical (unpaired) electrons. The zero-order valence-electron chi connectivity index (χ0n) is 12.9. The quantitative estimate of drug-likeness (QED) is 0.754. The van der Waals surface area contributed by atoms with Crippen molar-refractivity contribution in [1.29, 1.82) is 0 Å². The molecular weight excluding hydrogens is 282 g/mol. The lowest BCUT2D eigenvalue weighted by molar-refractivity contribution is -0.116. The molecule has 0 aliphatic heterocycles. The number of aromatic nitrogens is 2. The van der Waals surface area contributed by atoms with E-state index in [1.54, 1.807) is 6.92 Å². The Morgan fingerprint density at radius 3 is 2.50 bits per heavy atom. The van der Waals surface area contributed by atoms with Gasteiger partial charge in [0.1, 0.15) is 17.2 Å². The monoisotopic (exact) mass is 305 g/mol. The number of aryl methyl sites for hydroxylation is 1. The van der Waals surface area contributed by atoms with E-state index in [1.807, 2.05) is 0 Å². The molecule has 1 aromatic heterocycles. The average molecular weight is 305 g/mol. The molecule has 5 N–H and O–H groups in total. The second-order valence-electron chi connectivity index (χ2n) is 5.67. The largest absolute Gasteiger partial charge is 0.365 e. The van der Waals surface area contributed by atoms with E-state index in [0.29, 0.717) is 11.5 Å². The molecule has 0 aromatic carbocycles. The van der Waals surface area contributed by atoms with Crippen molar-refractivity contribution in [2.24, 2.45) is 11.5 Å². The minimum atomic E-state index is -0.608. The molecule has 2 rings (SSSR count). The van der Waals surface area contributed by atoms with Gasteiger partial charge in [0.25, 0.3) is 5.91 Å². The number of hydrogen-bond acceptors (Lipinski definition) is 5. The van der Waals surface area contributed by atoms with Crippen LogP contribution in [0, 0.1) is 6.92 Å². The highest BCUT2D eigenvalue weighted by Gasteiger charge is 2.26. The van der Waals surface area contributed by atoms with E-state index in [2.05, 4.69) is 15.3 Å². The molecule has 2 amide bonds. The van der Waals surface area contributed by atoms with Gasteiger partial charge in [-0.25, -0.2) is 9.97 Å². The average Bonchev–Trinajstić information content (AvgIpc) is 2.47. The van der Waals surface area contributed by atoms with Gasteiger partial charge in [0, 0.05) is 18.9 Å². The summed E-state index contributed by atoms with van der Waals surface area (Å²) in [6, 6.07) is 0. The molecule has 0 bridgehead atoms. The first kappa shape index (κ1) is 16.4. The van der Waals surface area contributed by atoms with Crippen LogP contribution in [0.3, 0.4) is 0 Å². The lowest BCUT2D eigenvalue weighted by Crippen LogP contribution is -2.25. The standard InChI is InChI=1S/C15H23N5O2/c1-9-18-13(10-5-3-2-4-6-10)12(14(17)22)15(19-9)20-11(21)7-8-16/h10H,2-8,16H2,1H3,(H2,17,22)(H,18,19,20,21). The molecule has 120 valence electrons. The summed E-state index contributed by atoms with van der Waals surface area (Å²) < 4.78 is 0. The first-order chi connectivity index (χ1) is 10.5. The van der Waals surface area contributed by atoms with Crippen LogP contribution in [-0.4, -0.2) is 28.3 Å². The minimum absolute atomic E-state index is 0.167. The second-order valence-corrected chi connectivity index (χ2v) is 5.67. The number of nitrogens with two attached hydrogens (primary N) is 2. The summed E-state index contributed by atoms with van der Waals surface area (Å²) in [5.41, 5.74) is 11.8. The SMILES string of the molecule is Cc1nc(NC(=O)CCN)c(C(N)=O)c(C2CCCCC2)n1. The fourth-order valence-corrected chi connectivity index (χ4v) is 2.92. The van der Waals surface area contributed by atoms with Crippen LogP contribution in [0.4, 0.5) is 5.82 Å². The zero-order chi connectivity index (χ0) is 16.1. The normalized spacial score (nSPS) is 15.5. The van der Waals surface area contributed by atoms with Crippen molar-refractivity contribution in [2.45, 2.75) is 51.4 Å². The molecule has 1 saturated carbocycles. The van der Waals surface area contributed by atoms with Gasteiger partial charge < -0.3 is 16.8 Å². The van der Waals surface area contributed by atoms with E-state index >= 15 is 0 Å². The predicted molar refractivity (Wildman–Crippen MR) is 83.4 cm³/mol. The van der Waals surface area contributed by atoms with Crippen LogP contribution in [0.2, 0.25) is 0 Å². The fourth-order valence-electron chi connectivity index (χ4n) is 2.92. The van der Waals surface area contributed by atoms with Crippen molar-refractivity contribution in [3.05, 3.63) is 17.1 Å². The number of hydrogen-bond donors (Lipinski definition) is 3. The van der Waals surface area contributed by atoms with Gasteiger partial charge >= 0.3 is 0 Å². The second kappa shape index (κ2) is 7.31. The van der Waals surface area contributed by atoms with Crippen molar-refractivity contribution in [3.8, 4) is 0 Å². The van der Waals surface area contributed by atoms with Crippen LogP contribution in [0.5, 0.6) is 0 Å². The van der Waals surface area contributed by atoms with E-state index in [4.69, 9.17) is 11.5 Å². The fraction of sp³-hybridized carbons (Fsp3) is 0.600. The van der Waals surface area contributed by atoms with Gasteiger partial charge in [-0.05, 0) is 19.8 Å². The van der Waals surface area contributed by atoms with Gasteiger partial charge in [-0.15, -0.1) is 0 Å². The third-order valence-electron chi connectivity index (χ3n) is 3.92. The molecule has 1 aliphatic rings. The number of primary amides is 1. The molecule has 1 aliphatic carbocycles. The van der Waals surface area contributed by atoms with Crippen molar-refractivity contribution in [3.63, 3.8) is 0 Å². The molecule has 22 heavy (non-hydrogen) atoms. The Morgan fingerprint density at radius 1 is 1.23 bits per heavy atom. The van der Waals surface area contributed by atoms with Gasteiger partial charge in [-0.2, -0.15) is 0 Å². The molecule has 1 fully saturated rings. The summed E-state index contributed by atoms with van der Waals surface area (Å²) in [6.07, 6.45) is 5.55. The molecule has 0 atom stereocenters. The first-order valence-corrected chi connectivity index (χ1v) is 7.71. The Hall–Kier alpha value is -2.02. The highest BCUT2D eigenvalue weighted by Crippen LogP contribution is 2.35. The Labute approximate surface area is 129 Å². The lowest BCUT2D eigenvalue weighted by Gasteiger charge is -2.24. The number of nitrogens with one attached hydrogen (secondary N) is 1. The Kier molecular flexibility index (Phi) is 5.43. The maximum atomic E-state index is 11.9. The predicted octanol–water partition coefficient (Wildman–Crippen LogP) is 1.22. The van der Waals surface area contributed by atoms with E-state index in [1.165, 1.54) is 6.42 Å². The smallest absolute Gasteiger partial charge is 0.254 e. The zero-order valence-corrected chi connectivity index (χ0v) is 12.9. The lowest BCUT2D eigenvalue weighted by atomic mass is 9.85. The van der Waals surface area contributed by atoms with E-state index < -0.39 is 5.91 Å². The molecule has 7 heteroatoms. The van der Waals surface area contributed by atoms with Crippen molar-refractivity contribution >= 4 is 17.6 Å².